The number of ether oxygens (including phenoxy) is 1. The van der Waals surface area contributed by atoms with Crippen LogP contribution in [0.3, 0.4) is 0 Å². The van der Waals surface area contributed by atoms with Crippen LogP contribution in [0, 0.1) is 11.7 Å². The second-order valence-corrected chi connectivity index (χ2v) is 4.95. The van der Waals surface area contributed by atoms with Gasteiger partial charge in [-0.3, -0.25) is 5.10 Å². The monoisotopic (exact) mass is 289 g/mol. The molecule has 0 unspecified atom stereocenters. The third-order valence-corrected chi connectivity index (χ3v) is 3.36. The lowest BCUT2D eigenvalue weighted by Gasteiger charge is -2.08. The summed E-state index contributed by atoms with van der Waals surface area (Å²) in [5, 5.41) is 7.06. The number of aryl methyl sites for hydroxylation is 2. The average molecular weight is 289 g/mol. The summed E-state index contributed by atoms with van der Waals surface area (Å²) in [6.07, 6.45) is 3.54. The lowest BCUT2D eigenvalue weighted by atomic mass is 10.2. The number of hydrogen-bond acceptors (Lipinski definition) is 3. The minimum Gasteiger partial charge on any atom is -0.493 e. The first-order valence-corrected chi connectivity index (χ1v) is 7.06. The lowest BCUT2D eigenvalue weighted by molar-refractivity contribution is 0.307. The van der Waals surface area contributed by atoms with Crippen molar-refractivity contribution < 1.29 is 4.74 Å². The van der Waals surface area contributed by atoms with Gasteiger partial charge < -0.3 is 9.30 Å². The third kappa shape index (κ3) is 3.57. The van der Waals surface area contributed by atoms with Crippen LogP contribution in [0.5, 0.6) is 5.75 Å². The molecule has 0 bridgehead atoms. The molecule has 2 rings (SSSR count). The molecule has 1 aromatic heterocycles. The van der Waals surface area contributed by atoms with E-state index in [2.05, 4.69) is 16.8 Å². The van der Waals surface area contributed by atoms with E-state index in [1.807, 2.05) is 41.8 Å². The van der Waals surface area contributed by atoms with Crippen molar-refractivity contribution in [3.05, 3.63) is 53.1 Å². The van der Waals surface area contributed by atoms with E-state index >= 15 is 0 Å². The van der Waals surface area contributed by atoms with E-state index < -0.39 is 0 Å². The number of nitrogens with zero attached hydrogens (tertiary/aromatic N) is 2. The van der Waals surface area contributed by atoms with E-state index in [-0.39, 0.29) is 0 Å². The second-order valence-electron chi connectivity index (χ2n) is 4.56. The summed E-state index contributed by atoms with van der Waals surface area (Å²) in [5.41, 5.74) is 1.15. The molecule has 1 aromatic carbocycles. The third-order valence-electron chi connectivity index (χ3n) is 3.04. The van der Waals surface area contributed by atoms with Crippen LogP contribution in [0.1, 0.15) is 17.8 Å². The van der Waals surface area contributed by atoms with Crippen molar-refractivity contribution >= 4 is 12.2 Å². The molecule has 0 spiro atoms. The Kier molecular flexibility index (Phi) is 5.12. The molecule has 0 fully saturated rings. The number of allylic oxidation sites excluding steroid dienone is 1. The second kappa shape index (κ2) is 7.05. The number of nitrogens with one attached hydrogen (secondary N) is 1. The molecule has 5 heteroatoms. The molecule has 0 saturated heterocycles. The number of rotatable bonds is 7. The number of aromatic nitrogens is 3. The van der Waals surface area contributed by atoms with Crippen LogP contribution >= 0.6 is 12.2 Å². The average Bonchev–Trinajstić information content (AvgIpc) is 2.79. The standard InChI is InChI=1S/C15H19N3OS/c1-3-10-18-14(16-17-15(18)20)9-6-11-19-13-8-5-4-7-12(13)2/h3-5,7-8H,1,6,9-11H2,2H3,(H,17,20). The number of benzene rings is 1. The van der Waals surface area contributed by atoms with Gasteiger partial charge in [-0.1, -0.05) is 24.3 Å². The zero-order chi connectivity index (χ0) is 14.4. The summed E-state index contributed by atoms with van der Waals surface area (Å²) in [5.74, 6) is 1.89. The quantitative estimate of drug-likeness (QED) is 0.482. The van der Waals surface area contributed by atoms with E-state index in [4.69, 9.17) is 17.0 Å². The van der Waals surface area contributed by atoms with Gasteiger partial charge >= 0.3 is 0 Å². The first-order chi connectivity index (χ1) is 9.72. The molecule has 0 atom stereocenters. The predicted octanol–water partition coefficient (Wildman–Crippen LogP) is 3.45. The Morgan fingerprint density at radius 3 is 3.00 bits per heavy atom. The largest absolute Gasteiger partial charge is 0.493 e. The molecule has 1 heterocycles. The highest BCUT2D eigenvalue weighted by atomic mass is 32.1. The summed E-state index contributed by atoms with van der Waals surface area (Å²) in [7, 11) is 0. The van der Waals surface area contributed by atoms with E-state index in [9.17, 15) is 0 Å². The first kappa shape index (κ1) is 14.5. The van der Waals surface area contributed by atoms with Gasteiger partial charge in [0.2, 0.25) is 0 Å². The fourth-order valence-corrected chi connectivity index (χ4v) is 2.21. The Morgan fingerprint density at radius 2 is 2.25 bits per heavy atom. The fourth-order valence-electron chi connectivity index (χ4n) is 1.99. The zero-order valence-electron chi connectivity index (χ0n) is 11.6. The van der Waals surface area contributed by atoms with Gasteiger partial charge in [-0.15, -0.1) is 6.58 Å². The zero-order valence-corrected chi connectivity index (χ0v) is 12.4. The molecular formula is C15H19N3OS. The van der Waals surface area contributed by atoms with E-state index in [0.717, 1.165) is 30.0 Å². The molecule has 1 N–H and O–H groups in total. The minimum atomic E-state index is 0.639. The van der Waals surface area contributed by atoms with Crippen molar-refractivity contribution in [2.24, 2.45) is 0 Å². The van der Waals surface area contributed by atoms with Crippen LogP contribution in [0.2, 0.25) is 0 Å². The Hall–Kier alpha value is -1.88. The highest BCUT2D eigenvalue weighted by Gasteiger charge is 2.05. The summed E-state index contributed by atoms with van der Waals surface area (Å²) < 4.78 is 8.36. The van der Waals surface area contributed by atoms with Gasteiger partial charge in [-0.05, 0) is 37.2 Å². The summed E-state index contributed by atoms with van der Waals surface area (Å²) in [6, 6.07) is 8.03. The van der Waals surface area contributed by atoms with Gasteiger partial charge in [-0.2, -0.15) is 5.10 Å². The SMILES string of the molecule is C=CCn1c(CCCOc2ccccc2C)n[nH]c1=S. The number of hydrogen-bond donors (Lipinski definition) is 1. The van der Waals surface area contributed by atoms with Crippen LogP contribution in [0.15, 0.2) is 36.9 Å². The summed E-state index contributed by atoms with van der Waals surface area (Å²) in [6.45, 7) is 7.13. The molecule has 0 aliphatic rings. The maximum atomic E-state index is 5.77. The van der Waals surface area contributed by atoms with Crippen LogP contribution in [0.25, 0.3) is 0 Å². The normalized spacial score (nSPS) is 10.4. The Balaban J connectivity index is 1.86. The summed E-state index contributed by atoms with van der Waals surface area (Å²) in [4.78, 5) is 0. The van der Waals surface area contributed by atoms with Crippen molar-refractivity contribution in [1.82, 2.24) is 14.8 Å². The van der Waals surface area contributed by atoms with Crippen molar-refractivity contribution in [3.8, 4) is 5.75 Å². The Bertz CT molecular complexity index is 630. The molecular weight excluding hydrogens is 270 g/mol. The highest BCUT2D eigenvalue weighted by molar-refractivity contribution is 7.71. The Morgan fingerprint density at radius 1 is 1.45 bits per heavy atom. The molecule has 4 nitrogen and oxygen atoms in total. The highest BCUT2D eigenvalue weighted by Crippen LogP contribution is 2.16. The molecule has 0 amide bonds. The molecule has 106 valence electrons. The molecule has 0 saturated carbocycles. The molecule has 2 aromatic rings. The molecule has 0 aliphatic carbocycles. The van der Waals surface area contributed by atoms with Crippen LogP contribution < -0.4 is 4.74 Å². The molecule has 20 heavy (non-hydrogen) atoms. The van der Waals surface area contributed by atoms with Crippen molar-refractivity contribution in [3.63, 3.8) is 0 Å². The van der Waals surface area contributed by atoms with E-state index in [1.165, 1.54) is 0 Å². The maximum Gasteiger partial charge on any atom is 0.195 e. The molecule has 0 aliphatic heterocycles. The van der Waals surface area contributed by atoms with Gasteiger partial charge in [0, 0.05) is 13.0 Å². The van der Waals surface area contributed by atoms with E-state index in [0.29, 0.717) is 17.9 Å². The van der Waals surface area contributed by atoms with Crippen LogP contribution in [-0.2, 0) is 13.0 Å². The van der Waals surface area contributed by atoms with Crippen LogP contribution in [0.4, 0.5) is 0 Å². The topological polar surface area (TPSA) is 42.8 Å². The van der Waals surface area contributed by atoms with Gasteiger partial charge in [0.15, 0.2) is 4.77 Å². The number of H-pyrrole nitrogens is 1. The summed E-state index contributed by atoms with van der Waals surface area (Å²) >= 11 is 5.18. The number of aromatic amines is 1. The van der Waals surface area contributed by atoms with Gasteiger partial charge in [0.05, 0.1) is 6.61 Å². The van der Waals surface area contributed by atoms with Gasteiger partial charge in [0.1, 0.15) is 11.6 Å². The Labute approximate surface area is 124 Å². The fraction of sp³-hybridized carbons (Fsp3) is 0.333. The van der Waals surface area contributed by atoms with Crippen LogP contribution in [-0.4, -0.2) is 21.4 Å². The van der Waals surface area contributed by atoms with Gasteiger partial charge in [-0.25, -0.2) is 0 Å². The van der Waals surface area contributed by atoms with Crippen molar-refractivity contribution in [1.29, 1.82) is 0 Å². The maximum absolute atomic E-state index is 5.77. The predicted molar refractivity (Wildman–Crippen MR) is 82.6 cm³/mol. The van der Waals surface area contributed by atoms with Crippen molar-refractivity contribution in [2.75, 3.05) is 6.61 Å². The van der Waals surface area contributed by atoms with Gasteiger partial charge in [0.25, 0.3) is 0 Å². The minimum absolute atomic E-state index is 0.639. The molecule has 0 radical (unpaired) electrons. The smallest absolute Gasteiger partial charge is 0.195 e. The first-order valence-electron chi connectivity index (χ1n) is 6.65. The van der Waals surface area contributed by atoms with E-state index in [1.54, 1.807) is 0 Å². The van der Waals surface area contributed by atoms with Crippen molar-refractivity contribution in [2.45, 2.75) is 26.3 Å². The lowest BCUT2D eigenvalue weighted by Crippen LogP contribution is -2.06. The number of para-hydroxylation sites is 1.